The van der Waals surface area contributed by atoms with Gasteiger partial charge in [-0.2, -0.15) is 19.2 Å². The summed E-state index contributed by atoms with van der Waals surface area (Å²) in [5.41, 5.74) is 15.6. The normalized spacial score (nSPS) is 20.5. The molecule has 1 aliphatic heterocycles. The van der Waals surface area contributed by atoms with E-state index < -0.39 is 0 Å². The molecule has 4 N–H and O–H groups in total. The highest BCUT2D eigenvalue weighted by Crippen LogP contribution is 2.42. The van der Waals surface area contributed by atoms with Crippen LogP contribution in [0.4, 0.5) is 11.6 Å². The van der Waals surface area contributed by atoms with Gasteiger partial charge in [-0.15, -0.1) is 0 Å². The van der Waals surface area contributed by atoms with Gasteiger partial charge < -0.3 is 20.9 Å². The first-order chi connectivity index (χ1) is 18.0. The molecule has 0 radical (unpaired) electrons. The number of fused-ring (bicyclic) bond motifs is 2. The summed E-state index contributed by atoms with van der Waals surface area (Å²) in [6, 6.07) is 7.54. The van der Waals surface area contributed by atoms with Crippen molar-refractivity contribution in [3.05, 3.63) is 48.0 Å². The third-order valence-corrected chi connectivity index (χ3v) is 7.75. The molecule has 0 unspecified atom stereocenters. The number of nitrogens with zero attached hydrogens (tertiary/aromatic N) is 6. The number of aromatic nitrogens is 6. The molecule has 1 saturated heterocycles. The topological polar surface area (TPSA) is 148 Å². The first-order valence-electron chi connectivity index (χ1n) is 13.0. The van der Waals surface area contributed by atoms with E-state index in [9.17, 15) is 4.79 Å². The van der Waals surface area contributed by atoms with Gasteiger partial charge in [0.15, 0.2) is 17.1 Å². The van der Waals surface area contributed by atoms with Gasteiger partial charge in [-0.25, -0.2) is 9.97 Å². The molecule has 0 bridgehead atoms. The van der Waals surface area contributed by atoms with Gasteiger partial charge in [0, 0.05) is 73.2 Å². The van der Waals surface area contributed by atoms with Gasteiger partial charge in [-0.1, -0.05) is 0 Å². The summed E-state index contributed by atoms with van der Waals surface area (Å²) in [6.45, 7) is 1.44. The zero-order valence-electron chi connectivity index (χ0n) is 20.8. The third-order valence-electron chi connectivity index (χ3n) is 7.75. The molecule has 7 rings (SSSR count). The third kappa shape index (κ3) is 4.76. The molecule has 0 aromatic carbocycles. The lowest BCUT2D eigenvalue weighted by Crippen LogP contribution is -2.34. The monoisotopic (exact) mass is 504 g/mol. The zero-order chi connectivity index (χ0) is 25.4. The van der Waals surface area contributed by atoms with Crippen LogP contribution >= 0.6 is 0 Å². The van der Waals surface area contributed by atoms with Crippen molar-refractivity contribution in [3.63, 3.8) is 0 Å². The summed E-state index contributed by atoms with van der Waals surface area (Å²) < 4.78 is 14.8. The number of hydrogen-bond donors (Lipinski definition) is 2. The Kier molecular flexibility index (Phi) is 6.25. The molecule has 3 fully saturated rings. The Morgan fingerprint density at radius 3 is 1.78 bits per heavy atom. The van der Waals surface area contributed by atoms with E-state index in [-0.39, 0.29) is 5.79 Å². The standard InChI is InChI=1S/C14H18N4O2.C12H14N4O/c15-12-9-11(17-13-3-6-16-18(12)13)10-1-4-14(5-2-10)19-7-8-20-14;13-11-7-10(8-1-3-9(17)4-2-8)15-12-5-6-14-16(11)12/h3,6,9-10H,1-2,4-5,7-8,15H2;5-8H,1-4,13H2. The number of carbonyl (C=O) groups is 1. The second-order valence-electron chi connectivity index (χ2n) is 10.1. The van der Waals surface area contributed by atoms with Gasteiger partial charge in [0.05, 0.1) is 25.6 Å². The second kappa shape index (κ2) is 9.71. The van der Waals surface area contributed by atoms with Gasteiger partial charge in [-0.05, 0) is 25.7 Å². The molecule has 0 atom stereocenters. The van der Waals surface area contributed by atoms with Crippen LogP contribution in [0.2, 0.25) is 0 Å². The van der Waals surface area contributed by atoms with Gasteiger partial charge >= 0.3 is 0 Å². The van der Waals surface area contributed by atoms with Gasteiger partial charge in [0.25, 0.3) is 0 Å². The van der Waals surface area contributed by atoms with Crippen molar-refractivity contribution in [1.82, 2.24) is 29.2 Å². The van der Waals surface area contributed by atoms with Crippen LogP contribution in [0.3, 0.4) is 0 Å². The lowest BCUT2D eigenvalue weighted by molar-refractivity contribution is -0.178. The number of rotatable bonds is 2. The molecule has 11 heteroatoms. The Morgan fingerprint density at radius 1 is 0.784 bits per heavy atom. The fourth-order valence-electron chi connectivity index (χ4n) is 5.71. The van der Waals surface area contributed by atoms with Crippen LogP contribution in [0, 0.1) is 0 Å². The first-order valence-corrected chi connectivity index (χ1v) is 13.0. The predicted molar refractivity (Wildman–Crippen MR) is 137 cm³/mol. The van der Waals surface area contributed by atoms with Crippen molar-refractivity contribution in [1.29, 1.82) is 0 Å². The molecule has 11 nitrogen and oxygen atoms in total. The fourth-order valence-corrected chi connectivity index (χ4v) is 5.71. The molecule has 3 aliphatic rings. The molecule has 0 amide bonds. The number of nitrogens with two attached hydrogens (primary N) is 2. The second-order valence-corrected chi connectivity index (χ2v) is 10.1. The van der Waals surface area contributed by atoms with Crippen molar-refractivity contribution in [3.8, 4) is 0 Å². The van der Waals surface area contributed by atoms with E-state index in [2.05, 4.69) is 20.2 Å². The SMILES string of the molecule is Nc1cc(C2CCC(=O)CC2)nc2ccnn12.Nc1cc(C2CCC3(CC2)OCCO3)nc2ccnn12. The lowest BCUT2D eigenvalue weighted by atomic mass is 9.83. The Hall–Kier alpha value is -3.57. The average Bonchev–Trinajstić information content (AvgIpc) is 3.67. The molecule has 194 valence electrons. The minimum absolute atomic E-state index is 0.317. The summed E-state index contributed by atoms with van der Waals surface area (Å²) in [6.07, 6.45) is 10.4. The van der Waals surface area contributed by atoms with Crippen molar-refractivity contribution in [2.75, 3.05) is 24.7 Å². The molecule has 4 aromatic rings. The smallest absolute Gasteiger partial charge is 0.168 e. The number of ether oxygens (including phenoxy) is 2. The summed E-state index contributed by atoms with van der Waals surface area (Å²) in [7, 11) is 0. The van der Waals surface area contributed by atoms with Crippen LogP contribution in [0.15, 0.2) is 36.7 Å². The molecule has 2 saturated carbocycles. The van der Waals surface area contributed by atoms with Crippen LogP contribution in [-0.2, 0) is 14.3 Å². The Labute approximate surface area is 214 Å². The average molecular weight is 505 g/mol. The maximum absolute atomic E-state index is 11.2. The highest BCUT2D eigenvalue weighted by Gasteiger charge is 2.41. The van der Waals surface area contributed by atoms with Crippen LogP contribution in [0.1, 0.15) is 74.6 Å². The van der Waals surface area contributed by atoms with E-state index in [1.54, 1.807) is 21.4 Å². The fraction of sp³-hybridized carbons (Fsp3) is 0.500. The minimum atomic E-state index is -0.317. The van der Waals surface area contributed by atoms with Gasteiger partial charge in [0.1, 0.15) is 17.4 Å². The molecule has 4 aromatic heterocycles. The van der Waals surface area contributed by atoms with Crippen molar-refractivity contribution in [2.45, 2.75) is 69.0 Å². The summed E-state index contributed by atoms with van der Waals surface area (Å²) in [4.78, 5) is 20.4. The molecular weight excluding hydrogens is 472 g/mol. The number of ketones is 1. The van der Waals surface area contributed by atoms with Crippen molar-refractivity contribution in [2.24, 2.45) is 0 Å². The number of Topliss-reactive ketones (excluding diaryl/α,β-unsaturated/α-hetero) is 1. The van der Waals surface area contributed by atoms with Gasteiger partial charge in [-0.3, -0.25) is 4.79 Å². The highest BCUT2D eigenvalue weighted by molar-refractivity contribution is 5.79. The van der Waals surface area contributed by atoms with Gasteiger partial charge in [0.2, 0.25) is 0 Å². The van der Waals surface area contributed by atoms with E-state index in [1.807, 2.05) is 24.3 Å². The summed E-state index contributed by atoms with van der Waals surface area (Å²) in [5.74, 6) is 2.07. The number of hydrogen-bond acceptors (Lipinski definition) is 9. The number of anilines is 2. The van der Waals surface area contributed by atoms with Crippen LogP contribution in [-0.4, -0.2) is 54.0 Å². The Bertz CT molecular complexity index is 1400. The maximum atomic E-state index is 11.2. The predicted octanol–water partition coefficient (Wildman–Crippen LogP) is 3.25. The van der Waals surface area contributed by atoms with E-state index in [4.69, 9.17) is 20.9 Å². The first kappa shape index (κ1) is 23.8. The van der Waals surface area contributed by atoms with E-state index in [0.717, 1.165) is 74.4 Å². The Balaban J connectivity index is 0.000000138. The highest BCUT2D eigenvalue weighted by atomic mass is 16.7. The Morgan fingerprint density at radius 2 is 1.27 bits per heavy atom. The lowest BCUT2D eigenvalue weighted by Gasteiger charge is -2.35. The van der Waals surface area contributed by atoms with Crippen LogP contribution < -0.4 is 11.5 Å². The quantitative estimate of drug-likeness (QED) is 0.419. The van der Waals surface area contributed by atoms with Crippen molar-refractivity contribution >= 4 is 28.7 Å². The molecule has 1 spiro atoms. The van der Waals surface area contributed by atoms with Crippen LogP contribution in [0.5, 0.6) is 0 Å². The summed E-state index contributed by atoms with van der Waals surface area (Å²) in [5, 5.41) is 8.24. The van der Waals surface area contributed by atoms with E-state index in [1.165, 1.54) is 0 Å². The maximum Gasteiger partial charge on any atom is 0.168 e. The molecule has 2 aliphatic carbocycles. The molecule has 5 heterocycles. The molecule has 37 heavy (non-hydrogen) atoms. The van der Waals surface area contributed by atoms with E-state index in [0.29, 0.717) is 42.1 Å². The van der Waals surface area contributed by atoms with Crippen molar-refractivity contribution < 1.29 is 14.3 Å². The van der Waals surface area contributed by atoms with Crippen LogP contribution in [0.25, 0.3) is 11.3 Å². The number of nitrogen functional groups attached to an aromatic ring is 2. The van der Waals surface area contributed by atoms with E-state index >= 15 is 0 Å². The number of carbonyl (C=O) groups excluding carboxylic acids is 1. The minimum Gasteiger partial charge on any atom is -0.384 e. The largest absolute Gasteiger partial charge is 0.384 e. The summed E-state index contributed by atoms with van der Waals surface area (Å²) >= 11 is 0. The zero-order valence-corrected chi connectivity index (χ0v) is 20.8. The molecular formula is C26H32N8O3.